The number of ether oxygens (including phenoxy) is 2. The lowest BCUT2D eigenvalue weighted by Gasteiger charge is -2.04. The van der Waals surface area contributed by atoms with Crippen LogP contribution >= 0.6 is 0 Å². The molecule has 0 aliphatic rings. The molecule has 0 saturated carbocycles. The van der Waals surface area contributed by atoms with Gasteiger partial charge in [-0.1, -0.05) is 6.58 Å². The van der Waals surface area contributed by atoms with Gasteiger partial charge in [0.1, 0.15) is 0 Å². The van der Waals surface area contributed by atoms with Crippen LogP contribution < -0.4 is 5.32 Å². The number of carbonyl (C=O) groups is 2. The van der Waals surface area contributed by atoms with Gasteiger partial charge in [0.05, 0.1) is 7.11 Å². The second kappa shape index (κ2) is 5.17. The van der Waals surface area contributed by atoms with Crippen LogP contribution in [0, 0.1) is 0 Å². The molecule has 0 fully saturated rings. The number of amides is 1. The number of hydrogen-bond acceptors (Lipinski definition) is 4. The minimum absolute atomic E-state index is 0.210. The second-order valence-corrected chi connectivity index (χ2v) is 2.03. The summed E-state index contributed by atoms with van der Waals surface area (Å²) in [6.07, 6.45) is -0.836. The fourth-order valence-corrected chi connectivity index (χ4v) is 0.370. The van der Waals surface area contributed by atoms with Crippen molar-refractivity contribution < 1.29 is 19.1 Å². The number of carbonyl (C=O) groups excluding carboxylic acids is 2. The Morgan fingerprint density at radius 3 is 2.50 bits per heavy atom. The molecule has 0 spiro atoms. The standard InChI is InChI=1S/C7H11NO4/c1-5(2)6(9)8-4-12-7(10)11-3/h1,4H2,2-3H3,(H,8,9). The summed E-state index contributed by atoms with van der Waals surface area (Å²) in [5, 5.41) is 2.29. The zero-order chi connectivity index (χ0) is 9.56. The number of nitrogens with one attached hydrogen (secondary N) is 1. The third kappa shape index (κ3) is 4.32. The van der Waals surface area contributed by atoms with Crippen molar-refractivity contribution in [3.05, 3.63) is 12.2 Å². The average molecular weight is 173 g/mol. The molecule has 0 heterocycles. The molecular formula is C7H11NO4. The van der Waals surface area contributed by atoms with E-state index in [1.165, 1.54) is 7.11 Å². The number of hydrogen-bond donors (Lipinski definition) is 1. The van der Waals surface area contributed by atoms with Crippen molar-refractivity contribution in [2.24, 2.45) is 0 Å². The van der Waals surface area contributed by atoms with E-state index in [9.17, 15) is 9.59 Å². The Morgan fingerprint density at radius 2 is 2.08 bits per heavy atom. The molecule has 5 heteroatoms. The normalized spacial score (nSPS) is 8.50. The molecule has 0 aromatic heterocycles. The number of methoxy groups -OCH3 is 1. The van der Waals surface area contributed by atoms with Gasteiger partial charge in [-0.15, -0.1) is 0 Å². The van der Waals surface area contributed by atoms with Gasteiger partial charge < -0.3 is 14.8 Å². The molecule has 0 radical (unpaired) electrons. The van der Waals surface area contributed by atoms with E-state index in [2.05, 4.69) is 21.4 Å². The predicted molar refractivity (Wildman–Crippen MR) is 41.3 cm³/mol. The van der Waals surface area contributed by atoms with Gasteiger partial charge >= 0.3 is 6.16 Å². The summed E-state index contributed by atoms with van der Waals surface area (Å²) in [6, 6.07) is 0. The molecule has 0 rings (SSSR count). The quantitative estimate of drug-likeness (QED) is 0.381. The first-order chi connectivity index (χ1) is 5.57. The van der Waals surface area contributed by atoms with Gasteiger partial charge in [-0.25, -0.2) is 4.79 Å². The molecule has 1 N–H and O–H groups in total. The van der Waals surface area contributed by atoms with Crippen LogP contribution in [0.2, 0.25) is 0 Å². The Bertz CT molecular complexity index is 200. The van der Waals surface area contributed by atoms with Crippen LogP contribution in [-0.4, -0.2) is 25.9 Å². The first-order valence-corrected chi connectivity index (χ1v) is 3.22. The Labute approximate surface area is 70.3 Å². The van der Waals surface area contributed by atoms with Gasteiger partial charge in [0, 0.05) is 5.57 Å². The SMILES string of the molecule is C=C(C)C(=O)NCOC(=O)OC. The molecule has 0 aliphatic heterocycles. The van der Waals surface area contributed by atoms with E-state index in [0.29, 0.717) is 5.57 Å². The zero-order valence-electron chi connectivity index (χ0n) is 7.05. The third-order valence-corrected chi connectivity index (χ3v) is 0.977. The molecule has 68 valence electrons. The zero-order valence-corrected chi connectivity index (χ0v) is 7.05. The molecule has 12 heavy (non-hydrogen) atoms. The fraction of sp³-hybridized carbons (Fsp3) is 0.429. The highest BCUT2D eigenvalue weighted by atomic mass is 16.7. The maximum absolute atomic E-state index is 10.8. The highest BCUT2D eigenvalue weighted by Crippen LogP contribution is 1.85. The topological polar surface area (TPSA) is 64.6 Å². The van der Waals surface area contributed by atoms with Crippen LogP contribution in [0.3, 0.4) is 0 Å². The molecule has 0 aromatic carbocycles. The second-order valence-electron chi connectivity index (χ2n) is 2.03. The average Bonchev–Trinajstić information content (AvgIpc) is 2.03. The molecular weight excluding hydrogens is 162 g/mol. The lowest BCUT2D eigenvalue weighted by Crippen LogP contribution is -2.27. The van der Waals surface area contributed by atoms with E-state index in [1.54, 1.807) is 6.92 Å². The van der Waals surface area contributed by atoms with Crippen molar-refractivity contribution in [1.29, 1.82) is 0 Å². The van der Waals surface area contributed by atoms with E-state index in [-0.39, 0.29) is 12.6 Å². The molecule has 0 bridgehead atoms. The van der Waals surface area contributed by atoms with Crippen molar-refractivity contribution in [2.45, 2.75) is 6.92 Å². The summed E-state index contributed by atoms with van der Waals surface area (Å²) < 4.78 is 8.54. The van der Waals surface area contributed by atoms with E-state index in [4.69, 9.17) is 0 Å². The van der Waals surface area contributed by atoms with Crippen LogP contribution in [0.4, 0.5) is 4.79 Å². The van der Waals surface area contributed by atoms with E-state index < -0.39 is 6.16 Å². The highest BCUT2D eigenvalue weighted by molar-refractivity contribution is 5.91. The molecule has 0 atom stereocenters. The van der Waals surface area contributed by atoms with Crippen molar-refractivity contribution in [3.63, 3.8) is 0 Å². The predicted octanol–water partition coefficient (Wildman–Crippen LogP) is 0.419. The van der Waals surface area contributed by atoms with Crippen molar-refractivity contribution in [1.82, 2.24) is 5.32 Å². The van der Waals surface area contributed by atoms with Crippen LogP contribution in [0.5, 0.6) is 0 Å². The van der Waals surface area contributed by atoms with Gasteiger partial charge in [0.25, 0.3) is 0 Å². The number of rotatable bonds is 3. The summed E-state index contributed by atoms with van der Waals surface area (Å²) in [6.45, 7) is 4.73. The summed E-state index contributed by atoms with van der Waals surface area (Å²) in [5.41, 5.74) is 0.350. The van der Waals surface area contributed by atoms with Gasteiger partial charge in [-0.3, -0.25) is 4.79 Å². The molecule has 1 amide bonds. The summed E-state index contributed by atoms with van der Waals surface area (Å²) in [4.78, 5) is 21.1. The Kier molecular flexibility index (Phi) is 4.52. The molecule has 5 nitrogen and oxygen atoms in total. The van der Waals surface area contributed by atoms with E-state index >= 15 is 0 Å². The Balaban J connectivity index is 3.50. The van der Waals surface area contributed by atoms with Gasteiger partial charge in [-0.2, -0.15) is 0 Å². The lowest BCUT2D eigenvalue weighted by atomic mass is 10.3. The Morgan fingerprint density at radius 1 is 1.50 bits per heavy atom. The lowest BCUT2D eigenvalue weighted by molar-refractivity contribution is -0.118. The van der Waals surface area contributed by atoms with Crippen molar-refractivity contribution in [2.75, 3.05) is 13.8 Å². The van der Waals surface area contributed by atoms with Crippen LogP contribution in [0.1, 0.15) is 6.92 Å². The van der Waals surface area contributed by atoms with Crippen molar-refractivity contribution in [3.8, 4) is 0 Å². The maximum atomic E-state index is 10.8. The largest absolute Gasteiger partial charge is 0.509 e. The smallest absolute Gasteiger partial charge is 0.438 e. The van der Waals surface area contributed by atoms with Gasteiger partial charge in [-0.05, 0) is 6.92 Å². The first-order valence-electron chi connectivity index (χ1n) is 3.22. The summed E-state index contributed by atoms with van der Waals surface area (Å²) in [5.74, 6) is -0.362. The summed E-state index contributed by atoms with van der Waals surface area (Å²) >= 11 is 0. The van der Waals surface area contributed by atoms with Gasteiger partial charge in [0.15, 0.2) is 6.73 Å². The van der Waals surface area contributed by atoms with Crippen LogP contribution in [-0.2, 0) is 14.3 Å². The maximum Gasteiger partial charge on any atom is 0.509 e. The molecule has 0 unspecified atom stereocenters. The van der Waals surface area contributed by atoms with Crippen LogP contribution in [0.25, 0.3) is 0 Å². The van der Waals surface area contributed by atoms with Crippen molar-refractivity contribution >= 4 is 12.1 Å². The fourth-order valence-electron chi connectivity index (χ4n) is 0.370. The van der Waals surface area contributed by atoms with E-state index in [0.717, 1.165) is 0 Å². The Hall–Kier alpha value is -1.52. The van der Waals surface area contributed by atoms with Gasteiger partial charge in [0.2, 0.25) is 5.91 Å². The van der Waals surface area contributed by atoms with E-state index in [1.807, 2.05) is 0 Å². The monoisotopic (exact) mass is 173 g/mol. The minimum atomic E-state index is -0.836. The first kappa shape index (κ1) is 10.5. The molecule has 0 aliphatic carbocycles. The minimum Gasteiger partial charge on any atom is -0.438 e. The highest BCUT2D eigenvalue weighted by Gasteiger charge is 2.02. The molecule has 0 saturated heterocycles. The van der Waals surface area contributed by atoms with Crippen LogP contribution in [0.15, 0.2) is 12.2 Å². The summed E-state index contributed by atoms with van der Waals surface area (Å²) in [7, 11) is 1.18. The third-order valence-electron chi connectivity index (χ3n) is 0.977. The molecule has 0 aromatic rings.